The van der Waals surface area contributed by atoms with Gasteiger partial charge in [-0.2, -0.15) is 0 Å². The highest BCUT2D eigenvalue weighted by molar-refractivity contribution is 7.26. The SMILES string of the molecule is c1cc(-c2ccc(-c3ccc(-c4ccc5c6ccccc6c6nccnc6c5c4)cc3)cc2)cc(-c2cccc3c2sc2ccccc23)c1. The summed E-state index contributed by atoms with van der Waals surface area (Å²) < 4.78 is 2.68. The lowest BCUT2D eigenvalue weighted by atomic mass is 9.94. The van der Waals surface area contributed by atoms with Gasteiger partial charge in [-0.3, -0.25) is 9.97 Å². The summed E-state index contributed by atoms with van der Waals surface area (Å²) in [5.74, 6) is 0. The molecule has 0 aliphatic heterocycles. The second kappa shape index (κ2) is 11.2. The maximum atomic E-state index is 4.76. The van der Waals surface area contributed by atoms with Crippen molar-refractivity contribution < 1.29 is 0 Å². The molecule has 0 atom stereocenters. The van der Waals surface area contributed by atoms with Crippen molar-refractivity contribution >= 4 is 64.1 Å². The van der Waals surface area contributed by atoms with Gasteiger partial charge in [-0.05, 0) is 73.5 Å². The molecule has 0 aliphatic rings. The summed E-state index contributed by atoms with van der Waals surface area (Å²) in [5.41, 5.74) is 11.6. The number of fused-ring (bicyclic) bond motifs is 9. The maximum absolute atomic E-state index is 4.76. The highest BCUT2D eigenvalue weighted by Gasteiger charge is 2.13. The fraction of sp³-hybridized carbons (Fsp3) is 0. The summed E-state index contributed by atoms with van der Waals surface area (Å²) in [5, 5.41) is 7.33. The van der Waals surface area contributed by atoms with Crippen LogP contribution in [0.25, 0.3) is 97.3 Å². The van der Waals surface area contributed by atoms with Crippen molar-refractivity contribution in [2.45, 2.75) is 0 Å². The molecule has 2 aromatic heterocycles. The summed E-state index contributed by atoms with van der Waals surface area (Å²) in [6, 6.07) is 57.3. The van der Waals surface area contributed by atoms with E-state index >= 15 is 0 Å². The van der Waals surface area contributed by atoms with Gasteiger partial charge < -0.3 is 0 Å². The topological polar surface area (TPSA) is 25.8 Å². The zero-order valence-electron chi connectivity index (χ0n) is 26.5. The van der Waals surface area contributed by atoms with Crippen LogP contribution in [0.5, 0.6) is 0 Å². The molecule has 0 bridgehead atoms. The van der Waals surface area contributed by atoms with Crippen LogP contribution in [-0.2, 0) is 0 Å². The van der Waals surface area contributed by atoms with Crippen molar-refractivity contribution in [3.05, 3.63) is 170 Å². The predicted molar refractivity (Wildman–Crippen MR) is 209 cm³/mol. The zero-order valence-corrected chi connectivity index (χ0v) is 27.3. The van der Waals surface area contributed by atoms with Crippen molar-refractivity contribution in [2.75, 3.05) is 0 Å². The van der Waals surface area contributed by atoms with E-state index in [1.807, 2.05) is 11.3 Å². The van der Waals surface area contributed by atoms with E-state index in [2.05, 4.69) is 158 Å². The summed E-state index contributed by atoms with van der Waals surface area (Å²) >= 11 is 1.88. The fourth-order valence-electron chi connectivity index (χ4n) is 7.36. The molecule has 0 radical (unpaired) electrons. The molecule has 49 heavy (non-hydrogen) atoms. The number of hydrogen-bond acceptors (Lipinski definition) is 3. The van der Waals surface area contributed by atoms with Crippen molar-refractivity contribution in [2.24, 2.45) is 0 Å². The molecule has 2 heterocycles. The number of nitrogens with zero attached hydrogens (tertiary/aromatic N) is 2. The fourth-order valence-corrected chi connectivity index (χ4v) is 8.60. The van der Waals surface area contributed by atoms with Gasteiger partial charge in [0, 0.05) is 43.3 Å². The Morgan fingerprint density at radius 1 is 0.327 bits per heavy atom. The van der Waals surface area contributed by atoms with E-state index in [0.717, 1.165) is 21.8 Å². The van der Waals surface area contributed by atoms with Crippen LogP contribution in [0.1, 0.15) is 0 Å². The molecule has 0 spiro atoms. The maximum Gasteiger partial charge on any atom is 0.0971 e. The van der Waals surface area contributed by atoms with Gasteiger partial charge >= 0.3 is 0 Å². The van der Waals surface area contributed by atoms with E-state index in [9.17, 15) is 0 Å². The van der Waals surface area contributed by atoms with Crippen LogP contribution in [0, 0.1) is 0 Å². The molecule has 2 nitrogen and oxygen atoms in total. The Bertz CT molecular complexity index is 2830. The van der Waals surface area contributed by atoms with E-state index in [1.165, 1.54) is 75.5 Å². The average molecular weight is 641 g/mol. The molecule has 0 saturated carbocycles. The summed E-state index contributed by atoms with van der Waals surface area (Å²) in [4.78, 5) is 9.46. The van der Waals surface area contributed by atoms with E-state index in [4.69, 9.17) is 9.97 Å². The Morgan fingerprint density at radius 3 is 1.57 bits per heavy atom. The Labute approximate surface area is 287 Å². The first kappa shape index (κ1) is 27.9. The van der Waals surface area contributed by atoms with E-state index < -0.39 is 0 Å². The van der Waals surface area contributed by atoms with Crippen molar-refractivity contribution in [3.8, 4) is 44.5 Å². The minimum absolute atomic E-state index is 0.942. The summed E-state index contributed by atoms with van der Waals surface area (Å²) in [7, 11) is 0. The number of hydrogen-bond donors (Lipinski definition) is 0. The zero-order chi connectivity index (χ0) is 32.3. The lowest BCUT2D eigenvalue weighted by molar-refractivity contribution is 1.31. The molecule has 0 fully saturated rings. The van der Waals surface area contributed by atoms with Crippen molar-refractivity contribution in [1.82, 2.24) is 9.97 Å². The Hall–Kier alpha value is -6.16. The molecule has 8 aromatic carbocycles. The van der Waals surface area contributed by atoms with Gasteiger partial charge in [0.15, 0.2) is 0 Å². The standard InChI is InChI=1S/C46H28N2S/c1-2-11-40-37(9-1)38-24-23-34(28-42(38)45-44(40)47-25-26-48-45)32-21-17-30(18-22-32)29-15-19-31(20-16-29)33-7-5-8-35(27-33)36-12-6-13-41-39-10-3-4-14-43(39)49-46(36)41/h1-28H. The molecule has 0 N–H and O–H groups in total. The summed E-state index contributed by atoms with van der Waals surface area (Å²) in [6.07, 6.45) is 3.56. The van der Waals surface area contributed by atoms with Crippen molar-refractivity contribution in [1.29, 1.82) is 0 Å². The van der Waals surface area contributed by atoms with Gasteiger partial charge in [-0.15, -0.1) is 11.3 Å². The highest BCUT2D eigenvalue weighted by atomic mass is 32.1. The lowest BCUT2D eigenvalue weighted by Gasteiger charge is -2.11. The molecule has 3 heteroatoms. The van der Waals surface area contributed by atoms with E-state index in [-0.39, 0.29) is 0 Å². The molecule has 10 aromatic rings. The van der Waals surface area contributed by atoms with Gasteiger partial charge in [0.1, 0.15) is 0 Å². The van der Waals surface area contributed by atoms with Crippen molar-refractivity contribution in [3.63, 3.8) is 0 Å². The van der Waals surface area contributed by atoms with Gasteiger partial charge in [0.25, 0.3) is 0 Å². The highest BCUT2D eigenvalue weighted by Crippen LogP contribution is 2.41. The molecule has 0 unspecified atom stereocenters. The smallest absolute Gasteiger partial charge is 0.0971 e. The third-order valence-corrected chi connectivity index (χ3v) is 11.0. The molecule has 228 valence electrons. The van der Waals surface area contributed by atoms with Crippen LogP contribution in [0.15, 0.2) is 170 Å². The monoisotopic (exact) mass is 640 g/mol. The average Bonchev–Trinajstić information content (AvgIpc) is 3.57. The molecule has 0 saturated heterocycles. The third-order valence-electron chi connectivity index (χ3n) is 9.79. The van der Waals surface area contributed by atoms with Crippen LogP contribution in [-0.4, -0.2) is 9.97 Å². The van der Waals surface area contributed by atoms with Gasteiger partial charge in [0.05, 0.1) is 11.0 Å². The largest absolute Gasteiger partial charge is 0.252 e. The number of thiophene rings is 1. The molecule has 10 rings (SSSR count). The minimum Gasteiger partial charge on any atom is -0.252 e. The minimum atomic E-state index is 0.942. The Morgan fingerprint density at radius 2 is 0.837 bits per heavy atom. The second-order valence-electron chi connectivity index (χ2n) is 12.6. The number of aromatic nitrogens is 2. The van der Waals surface area contributed by atoms with E-state index in [0.29, 0.717) is 0 Å². The predicted octanol–water partition coefficient (Wildman–Crippen LogP) is 13.0. The quantitative estimate of drug-likeness (QED) is 0.179. The first-order chi connectivity index (χ1) is 24.3. The van der Waals surface area contributed by atoms with Crippen LogP contribution < -0.4 is 0 Å². The lowest BCUT2D eigenvalue weighted by Crippen LogP contribution is -1.89. The Kier molecular flexibility index (Phi) is 6.39. The molecular weight excluding hydrogens is 613 g/mol. The van der Waals surface area contributed by atoms with Crippen LogP contribution in [0.3, 0.4) is 0 Å². The molecule has 0 amide bonds. The normalized spacial score (nSPS) is 11.7. The molecular formula is C46H28N2S. The first-order valence-electron chi connectivity index (χ1n) is 16.6. The Balaban J connectivity index is 0.957. The van der Waals surface area contributed by atoms with Gasteiger partial charge in [0.2, 0.25) is 0 Å². The first-order valence-corrected chi connectivity index (χ1v) is 17.4. The number of rotatable bonds is 4. The van der Waals surface area contributed by atoms with Gasteiger partial charge in [-0.25, -0.2) is 0 Å². The molecule has 0 aliphatic carbocycles. The summed E-state index contributed by atoms with van der Waals surface area (Å²) in [6.45, 7) is 0. The number of benzene rings is 8. The third kappa shape index (κ3) is 4.62. The van der Waals surface area contributed by atoms with Crippen LogP contribution >= 0.6 is 11.3 Å². The van der Waals surface area contributed by atoms with E-state index in [1.54, 1.807) is 12.4 Å². The van der Waals surface area contributed by atoms with Gasteiger partial charge in [-0.1, -0.05) is 140 Å². The van der Waals surface area contributed by atoms with Crippen LogP contribution in [0.2, 0.25) is 0 Å². The second-order valence-corrected chi connectivity index (χ2v) is 13.6. The van der Waals surface area contributed by atoms with Crippen LogP contribution in [0.4, 0.5) is 0 Å².